The lowest BCUT2D eigenvalue weighted by molar-refractivity contribution is -0.114. The fourth-order valence-electron chi connectivity index (χ4n) is 2.69. The second kappa shape index (κ2) is 8.19. The maximum atomic E-state index is 11.1. The van der Waals surface area contributed by atoms with E-state index in [9.17, 15) is 4.79 Å². The SMILES string of the molecule is CC(=O)Nc1ncc(CN2CCC(C#Cc3cnc(C)nc3)CC2)s1. The fourth-order valence-corrected chi connectivity index (χ4v) is 3.59. The van der Waals surface area contributed by atoms with Crippen molar-refractivity contribution in [3.63, 3.8) is 0 Å². The number of anilines is 1. The number of nitrogens with zero attached hydrogens (tertiary/aromatic N) is 4. The van der Waals surface area contributed by atoms with Crippen molar-refractivity contribution in [1.29, 1.82) is 0 Å². The van der Waals surface area contributed by atoms with Gasteiger partial charge in [0.2, 0.25) is 5.91 Å². The fraction of sp³-hybridized carbons (Fsp3) is 0.444. The summed E-state index contributed by atoms with van der Waals surface area (Å²) in [6.45, 7) is 6.29. The Morgan fingerprint density at radius 2 is 2.00 bits per heavy atom. The average Bonchev–Trinajstić information content (AvgIpc) is 3.02. The lowest BCUT2D eigenvalue weighted by atomic mass is 9.97. The highest BCUT2D eigenvalue weighted by atomic mass is 32.1. The molecule has 130 valence electrons. The number of aryl methyl sites for hydroxylation is 1. The zero-order valence-electron chi connectivity index (χ0n) is 14.5. The highest BCUT2D eigenvalue weighted by molar-refractivity contribution is 7.15. The first kappa shape index (κ1) is 17.5. The maximum Gasteiger partial charge on any atom is 0.223 e. The number of carbonyl (C=O) groups excluding carboxylic acids is 1. The number of hydrogen-bond acceptors (Lipinski definition) is 6. The first-order valence-corrected chi connectivity index (χ1v) is 9.15. The molecule has 1 aliphatic rings. The zero-order chi connectivity index (χ0) is 17.6. The molecule has 0 unspecified atom stereocenters. The van der Waals surface area contributed by atoms with E-state index in [2.05, 4.69) is 37.0 Å². The van der Waals surface area contributed by atoms with Crippen LogP contribution < -0.4 is 5.32 Å². The lowest BCUT2D eigenvalue weighted by Gasteiger charge is -2.29. The maximum absolute atomic E-state index is 11.1. The van der Waals surface area contributed by atoms with Crippen molar-refractivity contribution in [3.05, 3.63) is 34.9 Å². The van der Waals surface area contributed by atoms with Gasteiger partial charge in [-0.05, 0) is 32.9 Å². The summed E-state index contributed by atoms with van der Waals surface area (Å²) in [6, 6.07) is 0. The monoisotopic (exact) mass is 355 g/mol. The number of piperidine rings is 1. The molecule has 6 nitrogen and oxygen atoms in total. The molecule has 0 atom stereocenters. The molecule has 2 aromatic heterocycles. The van der Waals surface area contributed by atoms with Gasteiger partial charge in [0.15, 0.2) is 5.13 Å². The smallest absolute Gasteiger partial charge is 0.223 e. The van der Waals surface area contributed by atoms with Crippen molar-refractivity contribution >= 4 is 22.4 Å². The van der Waals surface area contributed by atoms with Gasteiger partial charge in [0.05, 0.1) is 5.56 Å². The van der Waals surface area contributed by atoms with E-state index in [1.807, 2.05) is 13.1 Å². The Morgan fingerprint density at radius 3 is 2.68 bits per heavy atom. The van der Waals surface area contributed by atoms with Crippen LogP contribution in [0.25, 0.3) is 0 Å². The van der Waals surface area contributed by atoms with Gasteiger partial charge in [0.1, 0.15) is 5.82 Å². The van der Waals surface area contributed by atoms with Crippen LogP contribution >= 0.6 is 11.3 Å². The molecule has 0 aromatic carbocycles. The van der Waals surface area contributed by atoms with Crippen LogP contribution in [0.1, 0.15) is 36.0 Å². The van der Waals surface area contributed by atoms with Crippen LogP contribution in [0, 0.1) is 24.7 Å². The van der Waals surface area contributed by atoms with E-state index >= 15 is 0 Å². The van der Waals surface area contributed by atoms with Crippen LogP contribution in [0.3, 0.4) is 0 Å². The molecule has 2 aromatic rings. The summed E-state index contributed by atoms with van der Waals surface area (Å²) in [5, 5.41) is 3.40. The minimum absolute atomic E-state index is 0.0840. The molecule has 0 radical (unpaired) electrons. The Balaban J connectivity index is 1.48. The molecule has 1 aliphatic heterocycles. The topological polar surface area (TPSA) is 71.0 Å². The van der Waals surface area contributed by atoms with Gasteiger partial charge in [0, 0.05) is 42.9 Å². The van der Waals surface area contributed by atoms with Gasteiger partial charge in [0.25, 0.3) is 0 Å². The van der Waals surface area contributed by atoms with Gasteiger partial charge in [-0.15, -0.1) is 11.3 Å². The van der Waals surface area contributed by atoms with Gasteiger partial charge in [-0.3, -0.25) is 9.69 Å². The highest BCUT2D eigenvalue weighted by Gasteiger charge is 2.18. The number of likely N-dealkylation sites (tertiary alicyclic amines) is 1. The van der Waals surface area contributed by atoms with Gasteiger partial charge in [-0.25, -0.2) is 15.0 Å². The Morgan fingerprint density at radius 1 is 1.28 bits per heavy atom. The molecule has 0 bridgehead atoms. The van der Waals surface area contributed by atoms with Gasteiger partial charge in [-0.2, -0.15) is 0 Å². The number of amides is 1. The molecule has 0 aliphatic carbocycles. The van der Waals surface area contributed by atoms with Crippen LogP contribution in [-0.4, -0.2) is 38.8 Å². The van der Waals surface area contributed by atoms with E-state index < -0.39 is 0 Å². The first-order valence-electron chi connectivity index (χ1n) is 8.33. The third-order valence-corrected chi connectivity index (χ3v) is 4.90. The van der Waals surface area contributed by atoms with Crippen molar-refractivity contribution in [2.24, 2.45) is 5.92 Å². The van der Waals surface area contributed by atoms with Gasteiger partial charge < -0.3 is 5.32 Å². The largest absolute Gasteiger partial charge is 0.302 e. The lowest BCUT2D eigenvalue weighted by Crippen LogP contribution is -2.32. The number of rotatable bonds is 3. The number of aromatic nitrogens is 3. The second-order valence-electron chi connectivity index (χ2n) is 6.15. The van der Waals surface area contributed by atoms with E-state index in [4.69, 9.17) is 0 Å². The highest BCUT2D eigenvalue weighted by Crippen LogP contribution is 2.23. The molecule has 0 spiro atoms. The van der Waals surface area contributed by atoms with Crippen molar-refractivity contribution < 1.29 is 4.79 Å². The molecule has 1 amide bonds. The number of carbonyl (C=O) groups is 1. The van der Waals surface area contributed by atoms with Crippen molar-refractivity contribution in [1.82, 2.24) is 19.9 Å². The van der Waals surface area contributed by atoms with Crippen LogP contribution in [0.5, 0.6) is 0 Å². The van der Waals surface area contributed by atoms with Crippen LogP contribution in [0.2, 0.25) is 0 Å². The molecule has 0 saturated carbocycles. The molecular weight excluding hydrogens is 334 g/mol. The third-order valence-electron chi connectivity index (χ3n) is 4.01. The Kier molecular flexibility index (Phi) is 5.74. The Labute approximate surface area is 151 Å². The first-order chi connectivity index (χ1) is 12.1. The molecule has 3 rings (SSSR count). The molecular formula is C18H21N5OS. The number of hydrogen-bond donors (Lipinski definition) is 1. The molecule has 25 heavy (non-hydrogen) atoms. The summed E-state index contributed by atoms with van der Waals surface area (Å²) in [4.78, 5) is 27.2. The summed E-state index contributed by atoms with van der Waals surface area (Å²) in [6.07, 6.45) is 7.54. The minimum Gasteiger partial charge on any atom is -0.302 e. The quantitative estimate of drug-likeness (QED) is 0.857. The van der Waals surface area contributed by atoms with E-state index in [0.29, 0.717) is 11.0 Å². The minimum atomic E-state index is -0.0840. The predicted molar refractivity (Wildman–Crippen MR) is 98.1 cm³/mol. The summed E-state index contributed by atoms with van der Waals surface area (Å²) >= 11 is 1.54. The van der Waals surface area contributed by atoms with E-state index in [1.165, 1.54) is 23.1 Å². The standard InChI is InChI=1S/C18H21N5OS/c1-13-19-9-16(10-20-13)4-3-15-5-7-23(8-6-15)12-17-11-21-18(25-17)22-14(2)24/h9-11,15H,5-8,12H2,1-2H3,(H,21,22,24). The van der Waals surface area contributed by atoms with E-state index in [1.54, 1.807) is 12.4 Å². The average molecular weight is 355 g/mol. The van der Waals surface area contributed by atoms with E-state index in [-0.39, 0.29) is 5.91 Å². The summed E-state index contributed by atoms with van der Waals surface area (Å²) < 4.78 is 0. The summed E-state index contributed by atoms with van der Waals surface area (Å²) in [5.74, 6) is 7.65. The number of thiazole rings is 1. The van der Waals surface area contributed by atoms with Crippen molar-refractivity contribution in [3.8, 4) is 11.8 Å². The van der Waals surface area contributed by atoms with Crippen LogP contribution in [0.15, 0.2) is 18.6 Å². The van der Waals surface area contributed by atoms with Crippen molar-refractivity contribution in [2.45, 2.75) is 33.2 Å². The summed E-state index contributed by atoms with van der Waals surface area (Å²) in [7, 11) is 0. The third kappa shape index (κ3) is 5.34. The molecule has 7 heteroatoms. The Hall–Kier alpha value is -2.30. The predicted octanol–water partition coefficient (Wildman–Crippen LogP) is 2.46. The normalized spacial score (nSPS) is 15.4. The molecule has 1 N–H and O–H groups in total. The van der Waals surface area contributed by atoms with E-state index in [0.717, 1.165) is 43.9 Å². The van der Waals surface area contributed by atoms with Crippen LogP contribution in [0.4, 0.5) is 5.13 Å². The molecule has 3 heterocycles. The molecule has 1 saturated heterocycles. The van der Waals surface area contributed by atoms with Gasteiger partial charge >= 0.3 is 0 Å². The molecule has 1 fully saturated rings. The van der Waals surface area contributed by atoms with Crippen molar-refractivity contribution in [2.75, 3.05) is 18.4 Å². The number of nitrogens with one attached hydrogen (secondary N) is 1. The van der Waals surface area contributed by atoms with Crippen LogP contribution in [-0.2, 0) is 11.3 Å². The zero-order valence-corrected chi connectivity index (χ0v) is 15.3. The summed E-state index contributed by atoms with van der Waals surface area (Å²) in [5.41, 5.74) is 0.878. The Bertz CT molecular complexity index is 782. The van der Waals surface area contributed by atoms with Gasteiger partial charge in [-0.1, -0.05) is 11.8 Å². The second-order valence-corrected chi connectivity index (χ2v) is 7.27.